The van der Waals surface area contributed by atoms with Crippen molar-refractivity contribution < 1.29 is 13.9 Å². The van der Waals surface area contributed by atoms with Crippen molar-refractivity contribution >= 4 is 11.0 Å². The molecule has 0 unspecified atom stereocenters. The molecule has 1 saturated heterocycles. The van der Waals surface area contributed by atoms with Crippen molar-refractivity contribution in [3.8, 4) is 16.9 Å². The number of ether oxygens (including phenoxy) is 2. The molecule has 2 aromatic heterocycles. The standard InChI is InChI=1S/C19H19FN2O2/c1-23-18-10-13(20)2-3-15(18)14-4-7-21-19-16(14)11-17(22-19)12-5-8-24-9-6-12/h2-4,7,10-12H,5-6,8-9H2,1H3,(H,21,22). The molecule has 4 rings (SSSR count). The van der Waals surface area contributed by atoms with Crippen molar-refractivity contribution in [2.24, 2.45) is 0 Å². The Morgan fingerprint density at radius 2 is 2.00 bits per heavy atom. The molecule has 0 spiro atoms. The van der Waals surface area contributed by atoms with Crippen LogP contribution in [0.15, 0.2) is 36.5 Å². The van der Waals surface area contributed by atoms with Crippen LogP contribution < -0.4 is 4.74 Å². The molecule has 24 heavy (non-hydrogen) atoms. The van der Waals surface area contributed by atoms with Gasteiger partial charge in [0, 0.05) is 48.0 Å². The molecular weight excluding hydrogens is 307 g/mol. The lowest BCUT2D eigenvalue weighted by atomic mass is 9.96. The zero-order valence-electron chi connectivity index (χ0n) is 13.5. The summed E-state index contributed by atoms with van der Waals surface area (Å²) in [5.74, 6) is 0.685. The first-order chi connectivity index (χ1) is 11.8. The van der Waals surface area contributed by atoms with E-state index >= 15 is 0 Å². The van der Waals surface area contributed by atoms with Crippen molar-refractivity contribution in [3.63, 3.8) is 0 Å². The lowest BCUT2D eigenvalue weighted by Crippen LogP contribution is -2.14. The van der Waals surface area contributed by atoms with E-state index in [4.69, 9.17) is 9.47 Å². The molecule has 5 heteroatoms. The largest absolute Gasteiger partial charge is 0.496 e. The van der Waals surface area contributed by atoms with Gasteiger partial charge in [0.1, 0.15) is 17.2 Å². The van der Waals surface area contributed by atoms with Gasteiger partial charge >= 0.3 is 0 Å². The SMILES string of the molecule is COc1cc(F)ccc1-c1ccnc2[nH]c(C3CCOCC3)cc12. The van der Waals surface area contributed by atoms with Gasteiger partial charge in [0.05, 0.1) is 7.11 Å². The van der Waals surface area contributed by atoms with Crippen LogP contribution in [0.5, 0.6) is 5.75 Å². The second-order valence-corrected chi connectivity index (χ2v) is 6.08. The van der Waals surface area contributed by atoms with E-state index in [9.17, 15) is 4.39 Å². The number of nitrogens with zero attached hydrogens (tertiary/aromatic N) is 1. The first kappa shape index (κ1) is 15.1. The molecule has 1 aliphatic rings. The van der Waals surface area contributed by atoms with Crippen LogP contribution in [0.2, 0.25) is 0 Å². The number of methoxy groups -OCH3 is 1. The van der Waals surface area contributed by atoms with Crippen LogP contribution in [0.1, 0.15) is 24.5 Å². The molecule has 0 radical (unpaired) electrons. The minimum atomic E-state index is -0.308. The highest BCUT2D eigenvalue weighted by Gasteiger charge is 2.20. The van der Waals surface area contributed by atoms with Crippen LogP contribution in [-0.2, 0) is 4.74 Å². The fraction of sp³-hybridized carbons (Fsp3) is 0.316. The summed E-state index contributed by atoms with van der Waals surface area (Å²) in [6.45, 7) is 1.60. The molecule has 1 N–H and O–H groups in total. The maximum atomic E-state index is 13.5. The van der Waals surface area contributed by atoms with Crippen molar-refractivity contribution in [2.45, 2.75) is 18.8 Å². The molecule has 1 aromatic carbocycles. The lowest BCUT2D eigenvalue weighted by molar-refractivity contribution is 0.0846. The van der Waals surface area contributed by atoms with Gasteiger partial charge in [-0.15, -0.1) is 0 Å². The highest BCUT2D eigenvalue weighted by atomic mass is 19.1. The molecule has 124 valence electrons. The Hall–Kier alpha value is -2.40. The molecule has 0 bridgehead atoms. The summed E-state index contributed by atoms with van der Waals surface area (Å²) in [6.07, 6.45) is 3.80. The minimum Gasteiger partial charge on any atom is -0.496 e. The second-order valence-electron chi connectivity index (χ2n) is 6.08. The van der Waals surface area contributed by atoms with Crippen LogP contribution in [0, 0.1) is 5.82 Å². The van der Waals surface area contributed by atoms with Crippen LogP contribution >= 0.6 is 0 Å². The van der Waals surface area contributed by atoms with Gasteiger partial charge in [0.15, 0.2) is 0 Å². The first-order valence-corrected chi connectivity index (χ1v) is 8.15. The summed E-state index contributed by atoms with van der Waals surface area (Å²) >= 11 is 0. The van der Waals surface area contributed by atoms with Gasteiger partial charge in [-0.1, -0.05) is 0 Å². The third kappa shape index (κ3) is 2.65. The lowest BCUT2D eigenvalue weighted by Gasteiger charge is -2.20. The minimum absolute atomic E-state index is 0.308. The van der Waals surface area contributed by atoms with E-state index in [0.717, 1.165) is 48.2 Å². The number of rotatable bonds is 3. The van der Waals surface area contributed by atoms with Gasteiger partial charge in [0.25, 0.3) is 0 Å². The summed E-state index contributed by atoms with van der Waals surface area (Å²) in [7, 11) is 1.56. The predicted octanol–water partition coefficient (Wildman–Crippen LogP) is 4.27. The highest BCUT2D eigenvalue weighted by molar-refractivity contribution is 5.95. The molecule has 1 aliphatic heterocycles. The number of H-pyrrole nitrogens is 1. The summed E-state index contributed by atoms with van der Waals surface area (Å²) < 4.78 is 24.3. The van der Waals surface area contributed by atoms with E-state index in [0.29, 0.717) is 11.7 Å². The maximum Gasteiger partial charge on any atom is 0.138 e. The van der Waals surface area contributed by atoms with Crippen molar-refractivity contribution in [1.29, 1.82) is 0 Å². The van der Waals surface area contributed by atoms with Crippen molar-refractivity contribution in [1.82, 2.24) is 9.97 Å². The average molecular weight is 326 g/mol. The molecular formula is C19H19FN2O2. The monoisotopic (exact) mass is 326 g/mol. The summed E-state index contributed by atoms with van der Waals surface area (Å²) in [5, 5.41) is 1.03. The van der Waals surface area contributed by atoms with Crippen LogP contribution in [0.25, 0.3) is 22.2 Å². The molecule has 4 nitrogen and oxygen atoms in total. The number of pyridine rings is 1. The summed E-state index contributed by atoms with van der Waals surface area (Å²) in [4.78, 5) is 7.90. The van der Waals surface area contributed by atoms with Gasteiger partial charge in [-0.3, -0.25) is 0 Å². The Labute approximate surface area is 139 Å². The Balaban J connectivity index is 1.83. The van der Waals surface area contributed by atoms with E-state index in [1.807, 2.05) is 6.07 Å². The Kier molecular flexibility index (Phi) is 3.94. The van der Waals surface area contributed by atoms with Crippen LogP contribution in [0.3, 0.4) is 0 Å². The number of halogens is 1. The Morgan fingerprint density at radius 1 is 1.17 bits per heavy atom. The first-order valence-electron chi connectivity index (χ1n) is 8.15. The number of fused-ring (bicyclic) bond motifs is 1. The summed E-state index contributed by atoms with van der Waals surface area (Å²) in [6, 6.07) is 8.73. The highest BCUT2D eigenvalue weighted by Crippen LogP contribution is 2.37. The smallest absolute Gasteiger partial charge is 0.138 e. The van der Waals surface area contributed by atoms with E-state index < -0.39 is 0 Å². The summed E-state index contributed by atoms with van der Waals surface area (Å²) in [5.41, 5.74) is 3.89. The topological polar surface area (TPSA) is 47.1 Å². The number of nitrogens with one attached hydrogen (secondary N) is 1. The molecule has 1 fully saturated rings. The third-order valence-corrected chi connectivity index (χ3v) is 4.67. The molecule has 0 amide bonds. The molecule has 0 saturated carbocycles. The third-order valence-electron chi connectivity index (χ3n) is 4.67. The number of aromatic amines is 1. The Bertz CT molecular complexity index is 869. The van der Waals surface area contributed by atoms with Crippen LogP contribution in [0.4, 0.5) is 4.39 Å². The number of benzene rings is 1. The molecule has 3 aromatic rings. The van der Waals surface area contributed by atoms with Gasteiger partial charge in [0.2, 0.25) is 0 Å². The average Bonchev–Trinajstić information content (AvgIpc) is 3.07. The van der Waals surface area contributed by atoms with Crippen molar-refractivity contribution in [3.05, 3.63) is 48.0 Å². The van der Waals surface area contributed by atoms with Crippen molar-refractivity contribution in [2.75, 3.05) is 20.3 Å². The quantitative estimate of drug-likeness (QED) is 0.782. The van der Waals surface area contributed by atoms with E-state index in [-0.39, 0.29) is 5.82 Å². The number of hydrogen-bond acceptors (Lipinski definition) is 3. The molecule has 0 atom stereocenters. The Morgan fingerprint density at radius 3 is 2.79 bits per heavy atom. The maximum absolute atomic E-state index is 13.5. The van der Waals surface area contributed by atoms with Gasteiger partial charge < -0.3 is 14.5 Å². The predicted molar refractivity (Wildman–Crippen MR) is 90.8 cm³/mol. The van der Waals surface area contributed by atoms with Gasteiger partial charge in [-0.05, 0) is 42.7 Å². The van der Waals surface area contributed by atoms with E-state index in [1.165, 1.54) is 17.8 Å². The fourth-order valence-corrected chi connectivity index (χ4v) is 3.40. The number of hydrogen-bond donors (Lipinski definition) is 1. The van der Waals surface area contributed by atoms with Crippen LogP contribution in [-0.4, -0.2) is 30.3 Å². The van der Waals surface area contributed by atoms with E-state index in [2.05, 4.69) is 16.0 Å². The second kappa shape index (κ2) is 6.24. The zero-order valence-corrected chi connectivity index (χ0v) is 13.5. The fourth-order valence-electron chi connectivity index (χ4n) is 3.40. The van der Waals surface area contributed by atoms with E-state index in [1.54, 1.807) is 19.4 Å². The normalized spacial score (nSPS) is 15.8. The van der Waals surface area contributed by atoms with Gasteiger partial charge in [-0.2, -0.15) is 0 Å². The molecule has 0 aliphatic carbocycles. The van der Waals surface area contributed by atoms with Gasteiger partial charge in [-0.25, -0.2) is 9.37 Å². The zero-order chi connectivity index (χ0) is 16.5. The number of aromatic nitrogens is 2. The molecule has 3 heterocycles.